The number of halogens is 1. The smallest absolute Gasteiger partial charge is 0.142 e. The molecule has 104 valence electrons. The van der Waals surface area contributed by atoms with Gasteiger partial charge < -0.3 is 15.4 Å². The molecule has 3 nitrogen and oxygen atoms in total. The molecule has 2 aromatic carbocycles. The molecule has 0 spiro atoms. The largest absolute Gasteiger partial charge is 0.495 e. The molecule has 0 saturated heterocycles. The van der Waals surface area contributed by atoms with Gasteiger partial charge in [-0.25, -0.2) is 0 Å². The summed E-state index contributed by atoms with van der Waals surface area (Å²) in [5.74, 6) is 0.798. The molecule has 0 heterocycles. The number of nitrogens with zero attached hydrogens (tertiary/aromatic N) is 1. The van der Waals surface area contributed by atoms with E-state index in [1.807, 2.05) is 54.4 Å². The third-order valence-electron chi connectivity index (χ3n) is 3.03. The average molecular weight is 351 g/mol. The van der Waals surface area contributed by atoms with E-state index < -0.39 is 0 Å². The highest BCUT2D eigenvalue weighted by Crippen LogP contribution is 2.34. The number of rotatable bonds is 4. The lowest BCUT2D eigenvalue weighted by molar-refractivity contribution is 0.415. The summed E-state index contributed by atoms with van der Waals surface area (Å²) in [5.41, 5.74) is 8.53. The van der Waals surface area contributed by atoms with E-state index in [4.69, 9.17) is 22.7 Å². The number of hydrogen-bond acceptors (Lipinski definition) is 3. The van der Waals surface area contributed by atoms with Gasteiger partial charge in [-0.2, -0.15) is 0 Å². The maximum atomic E-state index is 5.82. The molecule has 0 saturated carbocycles. The van der Waals surface area contributed by atoms with Crippen LogP contribution in [-0.2, 0) is 0 Å². The third-order valence-corrected chi connectivity index (χ3v) is 3.75. The van der Waals surface area contributed by atoms with Gasteiger partial charge in [-0.3, -0.25) is 0 Å². The monoisotopic (exact) mass is 350 g/mol. The standard InChI is InChI=1S/C15H15BrN2OS/c1-18(13-5-3-4-6-14(13)19-2)12-8-7-10(16)9-11(12)15(17)20/h3-9H,1-2H3,(H2,17,20). The minimum atomic E-state index is 0.364. The number of thiocarbonyl (C=S) groups is 1. The zero-order valence-corrected chi connectivity index (χ0v) is 13.7. The SMILES string of the molecule is COc1ccccc1N(C)c1ccc(Br)cc1C(N)=S. The first-order chi connectivity index (χ1) is 9.54. The van der Waals surface area contributed by atoms with Gasteiger partial charge in [0.05, 0.1) is 18.5 Å². The molecule has 0 bridgehead atoms. The van der Waals surface area contributed by atoms with Crippen LogP contribution in [-0.4, -0.2) is 19.1 Å². The van der Waals surface area contributed by atoms with Crippen LogP contribution < -0.4 is 15.4 Å². The summed E-state index contributed by atoms with van der Waals surface area (Å²) >= 11 is 8.58. The highest BCUT2D eigenvalue weighted by molar-refractivity contribution is 9.10. The second-order valence-corrected chi connectivity index (χ2v) is 5.61. The fourth-order valence-electron chi connectivity index (χ4n) is 2.03. The maximum Gasteiger partial charge on any atom is 0.142 e. The first kappa shape index (κ1) is 14.8. The molecule has 0 amide bonds. The van der Waals surface area contributed by atoms with Gasteiger partial charge in [0.1, 0.15) is 10.7 Å². The molecular formula is C15H15BrN2OS. The van der Waals surface area contributed by atoms with Gasteiger partial charge >= 0.3 is 0 Å². The number of ether oxygens (including phenoxy) is 1. The minimum Gasteiger partial charge on any atom is -0.495 e. The summed E-state index contributed by atoms with van der Waals surface area (Å²) in [6.45, 7) is 0. The van der Waals surface area contributed by atoms with Crippen molar-refractivity contribution in [2.45, 2.75) is 0 Å². The van der Waals surface area contributed by atoms with Crippen molar-refractivity contribution in [2.24, 2.45) is 5.73 Å². The summed E-state index contributed by atoms with van der Waals surface area (Å²) < 4.78 is 6.34. The Morgan fingerprint density at radius 2 is 1.90 bits per heavy atom. The second-order valence-electron chi connectivity index (χ2n) is 4.26. The number of anilines is 2. The molecule has 2 rings (SSSR count). The van der Waals surface area contributed by atoms with E-state index in [1.165, 1.54) is 0 Å². The Balaban J connectivity index is 2.53. The average Bonchev–Trinajstić information content (AvgIpc) is 2.46. The van der Waals surface area contributed by atoms with E-state index in [1.54, 1.807) is 7.11 Å². The zero-order valence-electron chi connectivity index (χ0n) is 11.3. The van der Waals surface area contributed by atoms with Crippen molar-refractivity contribution >= 4 is 44.5 Å². The Labute approximate surface area is 132 Å². The van der Waals surface area contributed by atoms with Crippen LogP contribution in [0, 0.1) is 0 Å². The Morgan fingerprint density at radius 1 is 1.20 bits per heavy atom. The van der Waals surface area contributed by atoms with E-state index >= 15 is 0 Å². The molecule has 2 aromatic rings. The fraction of sp³-hybridized carbons (Fsp3) is 0.133. The minimum absolute atomic E-state index is 0.364. The van der Waals surface area contributed by atoms with Crippen molar-refractivity contribution in [1.29, 1.82) is 0 Å². The van der Waals surface area contributed by atoms with Crippen LogP contribution in [0.3, 0.4) is 0 Å². The van der Waals surface area contributed by atoms with Crippen molar-refractivity contribution < 1.29 is 4.74 Å². The molecule has 0 aliphatic rings. The van der Waals surface area contributed by atoms with E-state index in [0.29, 0.717) is 4.99 Å². The molecule has 0 atom stereocenters. The molecular weight excluding hydrogens is 336 g/mol. The van der Waals surface area contributed by atoms with Crippen molar-refractivity contribution in [3.8, 4) is 5.75 Å². The van der Waals surface area contributed by atoms with E-state index in [9.17, 15) is 0 Å². The quantitative estimate of drug-likeness (QED) is 0.849. The Hall–Kier alpha value is -1.59. The van der Waals surface area contributed by atoms with Crippen molar-refractivity contribution in [2.75, 3.05) is 19.1 Å². The first-order valence-corrected chi connectivity index (χ1v) is 7.21. The van der Waals surface area contributed by atoms with Gasteiger partial charge in [-0.05, 0) is 30.3 Å². The van der Waals surface area contributed by atoms with Crippen LogP contribution >= 0.6 is 28.1 Å². The zero-order chi connectivity index (χ0) is 14.7. The van der Waals surface area contributed by atoms with Crippen LogP contribution in [0.4, 0.5) is 11.4 Å². The number of hydrogen-bond donors (Lipinski definition) is 1. The van der Waals surface area contributed by atoms with Crippen molar-refractivity contribution in [3.63, 3.8) is 0 Å². The topological polar surface area (TPSA) is 38.5 Å². The summed E-state index contributed by atoms with van der Waals surface area (Å²) in [5, 5.41) is 0. The summed E-state index contributed by atoms with van der Waals surface area (Å²) in [6, 6.07) is 13.7. The van der Waals surface area contributed by atoms with E-state index in [0.717, 1.165) is 27.2 Å². The number of benzene rings is 2. The normalized spacial score (nSPS) is 10.2. The lowest BCUT2D eigenvalue weighted by Gasteiger charge is -2.24. The number of nitrogens with two attached hydrogens (primary N) is 1. The molecule has 0 aliphatic heterocycles. The Morgan fingerprint density at radius 3 is 2.55 bits per heavy atom. The molecule has 0 aliphatic carbocycles. The summed E-state index contributed by atoms with van der Waals surface area (Å²) in [7, 11) is 3.62. The lowest BCUT2D eigenvalue weighted by Crippen LogP contribution is -2.18. The Kier molecular flexibility index (Phi) is 4.62. The fourth-order valence-corrected chi connectivity index (χ4v) is 2.56. The van der Waals surface area contributed by atoms with Gasteiger partial charge in [0, 0.05) is 17.1 Å². The predicted molar refractivity (Wildman–Crippen MR) is 91.1 cm³/mol. The summed E-state index contributed by atoms with van der Waals surface area (Å²) in [6.07, 6.45) is 0. The molecule has 0 radical (unpaired) electrons. The number of para-hydroxylation sites is 2. The molecule has 20 heavy (non-hydrogen) atoms. The lowest BCUT2D eigenvalue weighted by atomic mass is 10.1. The van der Waals surface area contributed by atoms with E-state index in [-0.39, 0.29) is 0 Å². The van der Waals surface area contributed by atoms with Crippen LogP contribution in [0.25, 0.3) is 0 Å². The van der Waals surface area contributed by atoms with Gasteiger partial charge in [0.2, 0.25) is 0 Å². The van der Waals surface area contributed by atoms with Crippen LogP contribution in [0.1, 0.15) is 5.56 Å². The van der Waals surface area contributed by atoms with E-state index in [2.05, 4.69) is 15.9 Å². The van der Waals surface area contributed by atoms with Crippen molar-refractivity contribution in [1.82, 2.24) is 0 Å². The van der Waals surface area contributed by atoms with Crippen LogP contribution in [0.2, 0.25) is 0 Å². The van der Waals surface area contributed by atoms with Gasteiger partial charge in [-0.1, -0.05) is 40.3 Å². The van der Waals surface area contributed by atoms with Gasteiger partial charge in [0.15, 0.2) is 0 Å². The molecule has 2 N–H and O–H groups in total. The number of methoxy groups -OCH3 is 1. The van der Waals surface area contributed by atoms with Crippen LogP contribution in [0.5, 0.6) is 5.75 Å². The summed E-state index contributed by atoms with van der Waals surface area (Å²) in [4.78, 5) is 2.38. The molecule has 0 aromatic heterocycles. The Bertz CT molecular complexity index is 646. The molecule has 5 heteroatoms. The van der Waals surface area contributed by atoms with Gasteiger partial charge in [-0.15, -0.1) is 0 Å². The highest BCUT2D eigenvalue weighted by atomic mass is 79.9. The maximum absolute atomic E-state index is 5.82. The first-order valence-electron chi connectivity index (χ1n) is 6.00. The second kappa shape index (κ2) is 6.24. The van der Waals surface area contributed by atoms with Gasteiger partial charge in [0.25, 0.3) is 0 Å². The molecule has 0 unspecified atom stereocenters. The van der Waals surface area contributed by atoms with Crippen LogP contribution in [0.15, 0.2) is 46.9 Å². The highest BCUT2D eigenvalue weighted by Gasteiger charge is 2.14. The third kappa shape index (κ3) is 2.94. The van der Waals surface area contributed by atoms with Crippen molar-refractivity contribution in [3.05, 3.63) is 52.5 Å². The molecule has 0 fully saturated rings. The predicted octanol–water partition coefficient (Wildman–Crippen LogP) is 3.86.